The molecule has 3 aromatic rings. The maximum atomic E-state index is 13.3. The molecule has 0 aliphatic carbocycles. The number of likely N-dealkylation sites (tertiary alicyclic amines) is 1. The maximum absolute atomic E-state index is 13.3. The molecule has 2 aromatic carbocycles. The molecule has 1 fully saturated rings. The van der Waals surface area contributed by atoms with Crippen molar-refractivity contribution in [3.8, 4) is 0 Å². The van der Waals surface area contributed by atoms with Gasteiger partial charge in [0.05, 0.1) is 0 Å². The molecule has 0 bridgehead atoms. The van der Waals surface area contributed by atoms with E-state index in [1.165, 1.54) is 22.5 Å². The highest BCUT2D eigenvalue weighted by Gasteiger charge is 2.20. The van der Waals surface area contributed by atoms with E-state index in [0.717, 1.165) is 38.2 Å². The van der Waals surface area contributed by atoms with Crippen LogP contribution in [0.4, 0.5) is 10.1 Å². The first-order chi connectivity index (χ1) is 11.8. The predicted octanol–water partition coefficient (Wildman–Crippen LogP) is 4.38. The Kier molecular flexibility index (Phi) is 4.22. The number of anilines is 1. The molecule has 1 saturated heterocycles. The second-order valence-electron chi connectivity index (χ2n) is 6.56. The Morgan fingerprint density at radius 3 is 2.75 bits per heavy atom. The summed E-state index contributed by atoms with van der Waals surface area (Å²) in [5, 5.41) is 4.78. The first kappa shape index (κ1) is 15.2. The fraction of sp³-hybridized carbons (Fsp3) is 0.300. The van der Waals surface area contributed by atoms with Gasteiger partial charge in [0, 0.05) is 48.5 Å². The van der Waals surface area contributed by atoms with Gasteiger partial charge >= 0.3 is 0 Å². The zero-order chi connectivity index (χ0) is 16.4. The van der Waals surface area contributed by atoms with Gasteiger partial charge in [0.2, 0.25) is 0 Å². The van der Waals surface area contributed by atoms with Gasteiger partial charge in [-0.05, 0) is 42.7 Å². The van der Waals surface area contributed by atoms with E-state index in [-0.39, 0.29) is 5.82 Å². The van der Waals surface area contributed by atoms with Crippen LogP contribution in [0.2, 0.25) is 0 Å². The van der Waals surface area contributed by atoms with Gasteiger partial charge in [0.15, 0.2) is 0 Å². The molecule has 0 amide bonds. The number of piperidine rings is 1. The van der Waals surface area contributed by atoms with E-state index in [9.17, 15) is 4.39 Å². The zero-order valence-electron chi connectivity index (χ0n) is 13.6. The molecule has 1 aliphatic heterocycles. The molecule has 0 saturated carbocycles. The molecular weight excluding hydrogens is 301 g/mol. The number of fused-ring (bicyclic) bond motifs is 1. The minimum Gasteiger partial charge on any atom is -0.382 e. The summed E-state index contributed by atoms with van der Waals surface area (Å²) in [6, 6.07) is 15.6. The fourth-order valence-corrected chi connectivity index (χ4v) is 3.55. The Morgan fingerprint density at radius 1 is 1.08 bits per heavy atom. The number of H-pyrrole nitrogens is 1. The zero-order valence-corrected chi connectivity index (χ0v) is 13.6. The molecule has 4 rings (SSSR count). The van der Waals surface area contributed by atoms with Crippen molar-refractivity contribution in [3.63, 3.8) is 0 Å². The summed E-state index contributed by atoms with van der Waals surface area (Å²) in [5.74, 6) is -0.184. The van der Waals surface area contributed by atoms with Gasteiger partial charge in [0.1, 0.15) is 5.82 Å². The standard InChI is InChI=1S/C20H22FN3/c21-16-4-3-5-18(12-16)23-17-8-10-24(11-9-17)14-15-13-22-20-7-2-1-6-19(15)20/h1-7,12-13,17,22-23H,8-11,14H2. The average Bonchev–Trinajstić information content (AvgIpc) is 3.00. The van der Waals surface area contributed by atoms with Crippen LogP contribution in [0.15, 0.2) is 54.7 Å². The van der Waals surface area contributed by atoms with Crippen molar-refractivity contribution in [3.05, 3.63) is 66.1 Å². The highest BCUT2D eigenvalue weighted by Crippen LogP contribution is 2.22. The molecule has 1 aliphatic rings. The molecule has 1 aromatic heterocycles. The molecule has 0 radical (unpaired) electrons. The van der Waals surface area contributed by atoms with Crippen molar-refractivity contribution in [1.29, 1.82) is 0 Å². The lowest BCUT2D eigenvalue weighted by Gasteiger charge is -2.32. The Hall–Kier alpha value is -2.33. The molecule has 0 atom stereocenters. The number of hydrogen-bond acceptors (Lipinski definition) is 2. The van der Waals surface area contributed by atoms with E-state index >= 15 is 0 Å². The monoisotopic (exact) mass is 323 g/mol. The quantitative estimate of drug-likeness (QED) is 0.746. The van der Waals surface area contributed by atoms with Gasteiger partial charge < -0.3 is 10.3 Å². The van der Waals surface area contributed by atoms with Gasteiger partial charge in [0.25, 0.3) is 0 Å². The molecule has 3 nitrogen and oxygen atoms in total. The molecule has 2 heterocycles. The Labute approximate surface area is 141 Å². The third-order valence-electron chi connectivity index (χ3n) is 4.85. The van der Waals surface area contributed by atoms with Crippen LogP contribution in [0, 0.1) is 5.82 Å². The van der Waals surface area contributed by atoms with Gasteiger partial charge in [-0.1, -0.05) is 24.3 Å². The van der Waals surface area contributed by atoms with Crippen LogP contribution < -0.4 is 5.32 Å². The summed E-state index contributed by atoms with van der Waals surface area (Å²) in [5.41, 5.74) is 3.45. The van der Waals surface area contributed by atoms with E-state index in [4.69, 9.17) is 0 Å². The molecule has 0 spiro atoms. The second-order valence-corrected chi connectivity index (χ2v) is 6.56. The van der Waals surface area contributed by atoms with Gasteiger partial charge in [-0.3, -0.25) is 4.90 Å². The first-order valence-corrected chi connectivity index (χ1v) is 8.57. The van der Waals surface area contributed by atoms with Crippen molar-refractivity contribution < 1.29 is 4.39 Å². The van der Waals surface area contributed by atoms with Crippen LogP contribution in [0.25, 0.3) is 10.9 Å². The number of nitrogens with one attached hydrogen (secondary N) is 2. The largest absolute Gasteiger partial charge is 0.382 e. The number of aromatic nitrogens is 1. The lowest BCUT2D eigenvalue weighted by molar-refractivity contribution is 0.212. The maximum Gasteiger partial charge on any atom is 0.125 e. The van der Waals surface area contributed by atoms with Crippen LogP contribution >= 0.6 is 0 Å². The Bertz CT molecular complexity index is 818. The van der Waals surface area contributed by atoms with E-state index < -0.39 is 0 Å². The lowest BCUT2D eigenvalue weighted by atomic mass is 10.0. The minimum atomic E-state index is -0.184. The number of hydrogen-bond donors (Lipinski definition) is 2. The highest BCUT2D eigenvalue weighted by atomic mass is 19.1. The summed E-state index contributed by atoms with van der Waals surface area (Å²) < 4.78 is 13.3. The number of aromatic amines is 1. The van der Waals surface area contributed by atoms with Crippen LogP contribution in [-0.4, -0.2) is 29.0 Å². The van der Waals surface area contributed by atoms with Crippen LogP contribution in [-0.2, 0) is 6.54 Å². The molecule has 124 valence electrons. The van der Waals surface area contributed by atoms with E-state index in [0.29, 0.717) is 6.04 Å². The topological polar surface area (TPSA) is 31.1 Å². The van der Waals surface area contributed by atoms with Crippen molar-refractivity contribution in [2.24, 2.45) is 0 Å². The van der Waals surface area contributed by atoms with E-state index in [1.54, 1.807) is 12.1 Å². The van der Waals surface area contributed by atoms with E-state index in [1.807, 2.05) is 6.07 Å². The number of para-hydroxylation sites is 1. The van der Waals surface area contributed by atoms with Gasteiger partial charge in [-0.2, -0.15) is 0 Å². The van der Waals surface area contributed by atoms with Crippen LogP contribution in [0.5, 0.6) is 0 Å². The molecule has 0 unspecified atom stereocenters. The molecule has 2 N–H and O–H groups in total. The third-order valence-corrected chi connectivity index (χ3v) is 4.85. The number of rotatable bonds is 4. The SMILES string of the molecule is Fc1cccc(NC2CCN(Cc3c[nH]c4ccccc34)CC2)c1. The Morgan fingerprint density at radius 2 is 1.92 bits per heavy atom. The van der Waals surface area contributed by atoms with Gasteiger partial charge in [-0.25, -0.2) is 4.39 Å². The smallest absolute Gasteiger partial charge is 0.125 e. The summed E-state index contributed by atoms with van der Waals surface area (Å²) in [6.45, 7) is 3.11. The molecule has 24 heavy (non-hydrogen) atoms. The van der Waals surface area contributed by atoms with Crippen molar-refractivity contribution in [1.82, 2.24) is 9.88 Å². The third kappa shape index (κ3) is 3.29. The number of nitrogens with zero attached hydrogens (tertiary/aromatic N) is 1. The summed E-state index contributed by atoms with van der Waals surface area (Å²) in [6.07, 6.45) is 4.29. The number of halogens is 1. The second kappa shape index (κ2) is 6.65. The first-order valence-electron chi connectivity index (χ1n) is 8.57. The highest BCUT2D eigenvalue weighted by molar-refractivity contribution is 5.82. The predicted molar refractivity (Wildman–Crippen MR) is 96.6 cm³/mol. The normalized spacial score (nSPS) is 16.5. The molecule has 4 heteroatoms. The molecular formula is C20H22FN3. The van der Waals surface area contributed by atoms with Crippen molar-refractivity contribution in [2.45, 2.75) is 25.4 Å². The van der Waals surface area contributed by atoms with Crippen LogP contribution in [0.3, 0.4) is 0 Å². The van der Waals surface area contributed by atoms with Crippen LogP contribution in [0.1, 0.15) is 18.4 Å². The summed E-state index contributed by atoms with van der Waals surface area (Å²) >= 11 is 0. The van der Waals surface area contributed by atoms with Gasteiger partial charge in [-0.15, -0.1) is 0 Å². The lowest BCUT2D eigenvalue weighted by Crippen LogP contribution is -2.38. The van der Waals surface area contributed by atoms with Crippen molar-refractivity contribution in [2.75, 3.05) is 18.4 Å². The van der Waals surface area contributed by atoms with E-state index in [2.05, 4.69) is 45.7 Å². The summed E-state index contributed by atoms with van der Waals surface area (Å²) in [4.78, 5) is 5.85. The van der Waals surface area contributed by atoms with Crippen molar-refractivity contribution >= 4 is 16.6 Å². The fourth-order valence-electron chi connectivity index (χ4n) is 3.55. The average molecular weight is 323 g/mol. The summed E-state index contributed by atoms with van der Waals surface area (Å²) in [7, 11) is 0. The minimum absolute atomic E-state index is 0.184. The number of benzene rings is 2. The Balaban J connectivity index is 1.34.